The number of fused-ring (bicyclic) bond motifs is 3. The van der Waals surface area contributed by atoms with E-state index in [1.165, 1.54) is 11.1 Å². The Kier molecular flexibility index (Phi) is 1.74. The van der Waals surface area contributed by atoms with E-state index in [0.29, 0.717) is 0 Å². The second kappa shape index (κ2) is 3.08. The van der Waals surface area contributed by atoms with Crippen LogP contribution in [0.2, 0.25) is 0 Å². The predicted molar refractivity (Wildman–Crippen MR) is 57.9 cm³/mol. The second-order valence-corrected chi connectivity index (χ2v) is 3.55. The fraction of sp³-hybridized carbons (Fsp3) is 0.273. The first-order chi connectivity index (χ1) is 7.38. The van der Waals surface area contributed by atoms with E-state index in [1.54, 1.807) is 11.9 Å². The van der Waals surface area contributed by atoms with Crippen LogP contribution in [-0.2, 0) is 11.2 Å². The molecule has 3 rings (SSSR count). The molecule has 0 fully saturated rings. The van der Waals surface area contributed by atoms with Crippen molar-refractivity contribution in [3.63, 3.8) is 0 Å². The molecule has 1 aromatic heterocycles. The van der Waals surface area contributed by atoms with Crippen molar-refractivity contribution in [1.29, 1.82) is 0 Å². The summed E-state index contributed by atoms with van der Waals surface area (Å²) in [4.78, 5) is 1.69. The summed E-state index contributed by atoms with van der Waals surface area (Å²) in [5, 5.41) is 9.89. The first-order valence-corrected chi connectivity index (χ1v) is 4.97. The van der Waals surface area contributed by atoms with Crippen LogP contribution in [0.3, 0.4) is 0 Å². The number of aromatic nitrogens is 2. The molecule has 4 nitrogen and oxygen atoms in total. The molecule has 0 N–H and O–H groups in total. The van der Waals surface area contributed by atoms with Crippen LogP contribution in [0.4, 0.5) is 0 Å². The Balaban J connectivity index is 2.24. The van der Waals surface area contributed by atoms with E-state index in [-0.39, 0.29) is 0 Å². The maximum Gasteiger partial charge on any atom is 0.208 e. The number of rotatable bonds is 0. The summed E-state index contributed by atoms with van der Waals surface area (Å²) in [7, 11) is 1.65. The summed E-state index contributed by atoms with van der Waals surface area (Å²) in [6.45, 7) is 0. The monoisotopic (exact) mass is 201 g/mol. The van der Waals surface area contributed by atoms with Gasteiger partial charge in [0, 0.05) is 18.2 Å². The van der Waals surface area contributed by atoms with E-state index in [4.69, 9.17) is 4.74 Å². The molecule has 0 radical (unpaired) electrons. The highest BCUT2D eigenvalue weighted by Crippen LogP contribution is 2.22. The minimum absolute atomic E-state index is 0.746. The van der Waals surface area contributed by atoms with Gasteiger partial charge in [0.05, 0.1) is 18.3 Å². The number of aryl methyl sites for hydroxylation is 1. The van der Waals surface area contributed by atoms with Crippen LogP contribution >= 0.6 is 0 Å². The molecule has 1 aliphatic rings. The average molecular weight is 201 g/mol. The lowest BCUT2D eigenvalue weighted by molar-refractivity contribution is 0.376. The van der Waals surface area contributed by atoms with E-state index in [2.05, 4.69) is 16.3 Å². The van der Waals surface area contributed by atoms with E-state index >= 15 is 0 Å². The molecule has 0 spiro atoms. The number of nitrogens with zero attached hydrogens (tertiary/aromatic N) is 3. The summed E-state index contributed by atoms with van der Waals surface area (Å²) in [5.74, 6) is 0.746. The lowest BCUT2D eigenvalue weighted by Gasteiger charge is -2.11. The zero-order valence-corrected chi connectivity index (χ0v) is 8.47. The van der Waals surface area contributed by atoms with Gasteiger partial charge in [-0.3, -0.25) is 0 Å². The topological polar surface area (TPSA) is 39.4 Å². The Hall–Kier alpha value is -1.84. The van der Waals surface area contributed by atoms with Crippen molar-refractivity contribution < 1.29 is 4.74 Å². The summed E-state index contributed by atoms with van der Waals surface area (Å²) in [5.41, 5.74) is 2.17. The molecule has 0 unspecified atom stereocenters. The summed E-state index contributed by atoms with van der Waals surface area (Å²) >= 11 is 0. The molecule has 4 heteroatoms. The van der Waals surface area contributed by atoms with Crippen LogP contribution < -0.4 is 0 Å². The van der Waals surface area contributed by atoms with Crippen molar-refractivity contribution in [2.75, 3.05) is 7.11 Å². The Morgan fingerprint density at radius 2 is 2.13 bits per heavy atom. The molecular weight excluding hydrogens is 190 g/mol. The van der Waals surface area contributed by atoms with Crippen LogP contribution in [0, 0.1) is 0 Å². The molecular formula is C11H11N3O. The van der Waals surface area contributed by atoms with E-state index in [1.807, 2.05) is 18.2 Å². The maximum absolute atomic E-state index is 5.13. The smallest absolute Gasteiger partial charge is 0.208 e. The quantitative estimate of drug-likeness (QED) is 0.651. The molecule has 0 amide bonds. The summed E-state index contributed by atoms with van der Waals surface area (Å²) < 4.78 is 5.13. The van der Waals surface area contributed by atoms with Gasteiger partial charge < -0.3 is 4.74 Å². The first-order valence-electron chi connectivity index (χ1n) is 4.97. The van der Waals surface area contributed by atoms with Gasteiger partial charge >= 0.3 is 0 Å². The van der Waals surface area contributed by atoms with Crippen molar-refractivity contribution in [2.24, 2.45) is 5.10 Å². The molecule has 1 aromatic carbocycles. The zero-order chi connectivity index (χ0) is 10.3. The molecule has 1 aliphatic heterocycles. The molecule has 2 heterocycles. The minimum Gasteiger partial charge on any atom is -0.483 e. The Morgan fingerprint density at radius 3 is 3.00 bits per heavy atom. The minimum atomic E-state index is 0.746. The van der Waals surface area contributed by atoms with Gasteiger partial charge in [-0.05, 0) is 6.07 Å². The molecule has 0 aliphatic carbocycles. The summed E-state index contributed by atoms with van der Waals surface area (Å²) in [6.07, 6.45) is 1.79. The van der Waals surface area contributed by atoms with Gasteiger partial charge in [0.15, 0.2) is 0 Å². The second-order valence-electron chi connectivity index (χ2n) is 3.55. The number of hydrogen-bond acceptors (Lipinski definition) is 3. The van der Waals surface area contributed by atoms with Crippen molar-refractivity contribution >= 4 is 16.8 Å². The highest BCUT2D eigenvalue weighted by molar-refractivity contribution is 5.84. The van der Waals surface area contributed by atoms with Crippen molar-refractivity contribution in [2.45, 2.75) is 12.8 Å². The van der Waals surface area contributed by atoms with E-state index < -0.39 is 0 Å². The normalized spacial score (nSPS) is 14.9. The van der Waals surface area contributed by atoms with E-state index in [9.17, 15) is 0 Å². The van der Waals surface area contributed by atoms with Gasteiger partial charge in [-0.25, -0.2) is 0 Å². The largest absolute Gasteiger partial charge is 0.483 e. The zero-order valence-electron chi connectivity index (χ0n) is 8.47. The first kappa shape index (κ1) is 8.47. The predicted octanol–water partition coefficient (Wildman–Crippen LogP) is 1.79. The van der Waals surface area contributed by atoms with Crippen LogP contribution in [0.5, 0.6) is 0 Å². The highest BCUT2D eigenvalue weighted by atomic mass is 16.5. The Labute approximate surface area is 87.2 Å². The van der Waals surface area contributed by atoms with Crippen LogP contribution in [0.15, 0.2) is 29.4 Å². The lowest BCUT2D eigenvalue weighted by Crippen LogP contribution is -2.14. The average Bonchev–Trinajstić information content (AvgIpc) is 2.66. The van der Waals surface area contributed by atoms with Crippen LogP contribution in [0.25, 0.3) is 10.9 Å². The van der Waals surface area contributed by atoms with Gasteiger partial charge in [-0.15, -0.1) is 5.10 Å². The van der Waals surface area contributed by atoms with Gasteiger partial charge in [-0.2, -0.15) is 9.89 Å². The van der Waals surface area contributed by atoms with Crippen molar-refractivity contribution in [1.82, 2.24) is 9.89 Å². The molecule has 0 bridgehead atoms. The number of hydrogen-bond donors (Lipinski definition) is 0. The maximum atomic E-state index is 5.13. The highest BCUT2D eigenvalue weighted by Gasteiger charge is 2.16. The fourth-order valence-corrected chi connectivity index (χ4v) is 1.92. The van der Waals surface area contributed by atoms with Crippen molar-refractivity contribution in [3.8, 4) is 0 Å². The van der Waals surface area contributed by atoms with Gasteiger partial charge in [0.25, 0.3) is 0 Å². The van der Waals surface area contributed by atoms with Gasteiger partial charge in [0.2, 0.25) is 5.90 Å². The third-order valence-corrected chi connectivity index (χ3v) is 2.68. The molecule has 76 valence electrons. The van der Waals surface area contributed by atoms with Gasteiger partial charge in [0.1, 0.15) is 0 Å². The molecule has 0 atom stereocenters. The lowest BCUT2D eigenvalue weighted by atomic mass is 10.1. The number of ether oxygens (including phenoxy) is 1. The SMILES string of the molecule is COC1=Nn2nc3ccccc3c2CC1. The third kappa shape index (κ3) is 1.21. The standard InChI is InChI=1S/C11H11N3O/c1-15-11-7-6-10-8-4-2-3-5-9(8)12-14(10)13-11/h2-5H,6-7H2,1H3. The van der Waals surface area contributed by atoms with Crippen LogP contribution in [-0.4, -0.2) is 22.9 Å². The number of methoxy groups -OCH3 is 1. The Morgan fingerprint density at radius 1 is 1.27 bits per heavy atom. The van der Waals surface area contributed by atoms with Crippen molar-refractivity contribution in [3.05, 3.63) is 30.0 Å². The molecule has 0 saturated carbocycles. The number of benzene rings is 1. The third-order valence-electron chi connectivity index (χ3n) is 2.68. The van der Waals surface area contributed by atoms with E-state index in [0.717, 1.165) is 24.3 Å². The molecule has 15 heavy (non-hydrogen) atoms. The molecule has 2 aromatic rings. The summed E-state index contributed by atoms with van der Waals surface area (Å²) in [6, 6.07) is 8.10. The van der Waals surface area contributed by atoms with Gasteiger partial charge in [-0.1, -0.05) is 18.2 Å². The van der Waals surface area contributed by atoms with Crippen LogP contribution in [0.1, 0.15) is 12.1 Å². The fourth-order valence-electron chi connectivity index (χ4n) is 1.92. The Bertz CT molecular complexity index is 542. The molecule has 0 saturated heterocycles.